The van der Waals surface area contributed by atoms with Crippen LogP contribution >= 0.6 is 0 Å². The van der Waals surface area contributed by atoms with E-state index in [1.165, 1.54) is 17.7 Å². The molecule has 3 fully saturated rings. The zero-order chi connectivity index (χ0) is 16.3. The van der Waals surface area contributed by atoms with Gasteiger partial charge in [-0.05, 0) is 32.2 Å². The summed E-state index contributed by atoms with van der Waals surface area (Å²) in [6.07, 6.45) is 7.00. The Kier molecular flexibility index (Phi) is 4.84. The van der Waals surface area contributed by atoms with E-state index in [4.69, 9.17) is 0 Å². The first-order chi connectivity index (χ1) is 11.1. The molecule has 0 unspecified atom stereocenters. The van der Waals surface area contributed by atoms with Crippen molar-refractivity contribution in [2.75, 3.05) is 19.6 Å². The van der Waals surface area contributed by atoms with Crippen LogP contribution in [0, 0.1) is 0 Å². The normalized spacial score (nSPS) is 26.6. The molecule has 1 spiro atoms. The van der Waals surface area contributed by atoms with Crippen molar-refractivity contribution in [2.45, 2.75) is 62.9 Å². The Morgan fingerprint density at radius 2 is 2.00 bits per heavy atom. The Labute approximate surface area is 136 Å². The Bertz CT molecular complexity index is 482. The molecule has 23 heavy (non-hydrogen) atoms. The highest BCUT2D eigenvalue weighted by Crippen LogP contribution is 2.34. The van der Waals surface area contributed by atoms with Crippen molar-refractivity contribution in [2.24, 2.45) is 0 Å². The smallest absolute Gasteiger partial charge is 0.325 e. The van der Waals surface area contributed by atoms with Crippen LogP contribution in [0.15, 0.2) is 0 Å². The van der Waals surface area contributed by atoms with E-state index in [0.717, 1.165) is 25.8 Å². The molecule has 2 saturated heterocycles. The minimum Gasteiger partial charge on any atom is -0.354 e. The molecule has 3 N–H and O–H groups in total. The number of nitrogens with one attached hydrogen (secondary N) is 3. The molecule has 0 bridgehead atoms. The fraction of sp³-hybridized carbons (Fsp3) is 0.812. The highest BCUT2D eigenvalue weighted by Gasteiger charge is 2.52. The molecular formula is C16H26N4O3. The minimum absolute atomic E-state index is 0.106. The lowest BCUT2D eigenvalue weighted by Gasteiger charge is -2.23. The van der Waals surface area contributed by atoms with Crippen LogP contribution < -0.4 is 16.0 Å². The second-order valence-electron chi connectivity index (χ2n) is 6.88. The van der Waals surface area contributed by atoms with E-state index in [-0.39, 0.29) is 30.8 Å². The van der Waals surface area contributed by atoms with Gasteiger partial charge in [0.05, 0.1) is 0 Å². The molecule has 4 amide bonds. The van der Waals surface area contributed by atoms with E-state index in [2.05, 4.69) is 16.0 Å². The zero-order valence-corrected chi connectivity index (χ0v) is 13.5. The Morgan fingerprint density at radius 1 is 1.22 bits per heavy atom. The van der Waals surface area contributed by atoms with Gasteiger partial charge in [0.2, 0.25) is 5.91 Å². The highest BCUT2D eigenvalue weighted by molar-refractivity contribution is 6.07. The van der Waals surface area contributed by atoms with E-state index >= 15 is 0 Å². The third kappa shape index (κ3) is 3.49. The third-order valence-electron chi connectivity index (χ3n) is 5.22. The van der Waals surface area contributed by atoms with Gasteiger partial charge in [0, 0.05) is 25.6 Å². The monoisotopic (exact) mass is 322 g/mol. The second kappa shape index (κ2) is 6.86. The molecule has 1 atom stereocenters. The Morgan fingerprint density at radius 3 is 2.70 bits per heavy atom. The largest absolute Gasteiger partial charge is 0.354 e. The van der Waals surface area contributed by atoms with Gasteiger partial charge in [-0.1, -0.05) is 19.3 Å². The predicted molar refractivity (Wildman–Crippen MR) is 84.7 cm³/mol. The van der Waals surface area contributed by atoms with Crippen molar-refractivity contribution in [3.05, 3.63) is 0 Å². The maximum absolute atomic E-state index is 12.5. The summed E-state index contributed by atoms with van der Waals surface area (Å²) in [6.45, 7) is 1.78. The number of nitrogens with zero attached hydrogens (tertiary/aromatic N) is 1. The van der Waals surface area contributed by atoms with Crippen molar-refractivity contribution >= 4 is 17.8 Å². The van der Waals surface area contributed by atoms with Gasteiger partial charge in [-0.2, -0.15) is 0 Å². The Balaban J connectivity index is 1.43. The number of carbonyl (C=O) groups is 3. The van der Waals surface area contributed by atoms with E-state index in [1.54, 1.807) is 0 Å². The first-order valence-corrected chi connectivity index (χ1v) is 8.75. The first kappa shape index (κ1) is 16.2. The van der Waals surface area contributed by atoms with Gasteiger partial charge in [-0.25, -0.2) is 4.79 Å². The highest BCUT2D eigenvalue weighted by atomic mass is 16.2. The number of amides is 4. The van der Waals surface area contributed by atoms with Crippen LogP contribution in [0.1, 0.15) is 51.4 Å². The van der Waals surface area contributed by atoms with Crippen LogP contribution in [-0.2, 0) is 9.59 Å². The van der Waals surface area contributed by atoms with Crippen LogP contribution in [0.2, 0.25) is 0 Å². The molecule has 2 aliphatic heterocycles. The van der Waals surface area contributed by atoms with Crippen LogP contribution in [-0.4, -0.2) is 54.0 Å². The molecule has 0 aromatic heterocycles. The fourth-order valence-corrected chi connectivity index (χ4v) is 3.83. The summed E-state index contributed by atoms with van der Waals surface area (Å²) in [5, 5.41) is 9.10. The maximum Gasteiger partial charge on any atom is 0.325 e. The average Bonchev–Trinajstić information content (AvgIpc) is 3.11. The molecule has 0 radical (unpaired) electrons. The lowest BCUT2D eigenvalue weighted by molar-refractivity contribution is -0.131. The summed E-state index contributed by atoms with van der Waals surface area (Å²) in [7, 11) is 0. The van der Waals surface area contributed by atoms with Gasteiger partial charge in [0.25, 0.3) is 5.91 Å². The molecule has 0 aromatic rings. The lowest BCUT2D eigenvalue weighted by atomic mass is 9.98. The number of piperidine rings is 1. The zero-order valence-electron chi connectivity index (χ0n) is 13.5. The van der Waals surface area contributed by atoms with Gasteiger partial charge in [-0.15, -0.1) is 0 Å². The molecule has 2 heterocycles. The van der Waals surface area contributed by atoms with Crippen LogP contribution in [0.5, 0.6) is 0 Å². The number of imide groups is 1. The van der Waals surface area contributed by atoms with Crippen LogP contribution in [0.4, 0.5) is 4.79 Å². The van der Waals surface area contributed by atoms with E-state index in [9.17, 15) is 14.4 Å². The molecule has 1 aliphatic carbocycles. The van der Waals surface area contributed by atoms with Crippen molar-refractivity contribution in [1.82, 2.24) is 20.9 Å². The molecule has 1 saturated carbocycles. The number of carbonyl (C=O) groups excluding carboxylic acids is 3. The molecule has 3 aliphatic rings. The molecule has 7 heteroatoms. The quantitative estimate of drug-likeness (QED) is 0.643. The molecule has 7 nitrogen and oxygen atoms in total. The summed E-state index contributed by atoms with van der Waals surface area (Å²) < 4.78 is 0. The first-order valence-electron chi connectivity index (χ1n) is 8.75. The van der Waals surface area contributed by atoms with Gasteiger partial charge in [0.15, 0.2) is 0 Å². The predicted octanol–water partition coefficient (Wildman–Crippen LogP) is 0.499. The molecule has 0 aromatic carbocycles. The van der Waals surface area contributed by atoms with E-state index in [0.29, 0.717) is 25.4 Å². The van der Waals surface area contributed by atoms with Gasteiger partial charge >= 0.3 is 6.03 Å². The van der Waals surface area contributed by atoms with Crippen molar-refractivity contribution in [3.8, 4) is 0 Å². The summed E-state index contributed by atoms with van der Waals surface area (Å²) in [4.78, 5) is 37.6. The maximum atomic E-state index is 12.5. The minimum atomic E-state index is -0.681. The summed E-state index contributed by atoms with van der Waals surface area (Å²) in [5.74, 6) is -0.257. The van der Waals surface area contributed by atoms with Crippen molar-refractivity contribution in [1.29, 1.82) is 0 Å². The molecule has 3 rings (SSSR count). The van der Waals surface area contributed by atoms with Crippen molar-refractivity contribution in [3.63, 3.8) is 0 Å². The topological polar surface area (TPSA) is 90.5 Å². The standard InChI is InChI=1S/C16H26N4O3/c21-13(18-11-12-5-1-4-9-17-12)6-10-20-14(22)16(19-15(20)23)7-2-3-8-16/h12,17H,1-11H2,(H,18,21)(H,19,23)/t12-/m0/s1. The van der Waals surface area contributed by atoms with Gasteiger partial charge < -0.3 is 16.0 Å². The summed E-state index contributed by atoms with van der Waals surface area (Å²) >= 11 is 0. The average molecular weight is 322 g/mol. The number of hydrogen-bond donors (Lipinski definition) is 3. The Hall–Kier alpha value is -1.63. The van der Waals surface area contributed by atoms with Crippen molar-refractivity contribution < 1.29 is 14.4 Å². The lowest BCUT2D eigenvalue weighted by Crippen LogP contribution is -2.45. The summed E-state index contributed by atoms with van der Waals surface area (Å²) in [6, 6.07) is -0.00942. The SMILES string of the molecule is O=C(CCN1C(=O)NC2(CCCC2)C1=O)NC[C@@H]1CCCCN1. The van der Waals surface area contributed by atoms with Crippen LogP contribution in [0.3, 0.4) is 0 Å². The van der Waals surface area contributed by atoms with Crippen LogP contribution in [0.25, 0.3) is 0 Å². The summed E-state index contributed by atoms with van der Waals surface area (Å²) in [5.41, 5.74) is -0.681. The number of urea groups is 1. The number of hydrogen-bond acceptors (Lipinski definition) is 4. The third-order valence-corrected chi connectivity index (χ3v) is 5.22. The van der Waals surface area contributed by atoms with Gasteiger partial charge in [0.1, 0.15) is 5.54 Å². The number of rotatable bonds is 5. The second-order valence-corrected chi connectivity index (χ2v) is 6.88. The van der Waals surface area contributed by atoms with Gasteiger partial charge in [-0.3, -0.25) is 14.5 Å². The molecular weight excluding hydrogens is 296 g/mol. The molecule has 128 valence electrons. The van der Waals surface area contributed by atoms with E-state index < -0.39 is 5.54 Å². The fourth-order valence-electron chi connectivity index (χ4n) is 3.83. The van der Waals surface area contributed by atoms with E-state index in [1.807, 2.05) is 0 Å².